The predicted molar refractivity (Wildman–Crippen MR) is 90.4 cm³/mol. The summed E-state index contributed by atoms with van der Waals surface area (Å²) in [6.07, 6.45) is -0.0210. The molecule has 120 valence electrons. The lowest BCUT2D eigenvalue weighted by Gasteiger charge is -2.20. The third kappa shape index (κ3) is 4.68. The van der Waals surface area contributed by atoms with Gasteiger partial charge in [-0.05, 0) is 29.2 Å². The second-order valence-electron chi connectivity index (χ2n) is 5.89. The second kappa shape index (κ2) is 7.58. The van der Waals surface area contributed by atoms with Crippen molar-refractivity contribution in [1.29, 1.82) is 0 Å². The zero-order chi connectivity index (χ0) is 16.8. The Morgan fingerprint density at radius 1 is 1.00 bits per heavy atom. The van der Waals surface area contributed by atoms with E-state index in [1.54, 1.807) is 24.3 Å². The second-order valence-corrected chi connectivity index (χ2v) is 5.89. The number of rotatable bonds is 6. The fourth-order valence-corrected chi connectivity index (χ4v) is 2.60. The van der Waals surface area contributed by atoms with E-state index in [2.05, 4.69) is 5.32 Å². The summed E-state index contributed by atoms with van der Waals surface area (Å²) in [5, 5.41) is 11.7. The van der Waals surface area contributed by atoms with Gasteiger partial charge >= 0.3 is 5.97 Å². The highest BCUT2D eigenvalue weighted by molar-refractivity contribution is 5.96. The highest BCUT2D eigenvalue weighted by Crippen LogP contribution is 2.26. The van der Waals surface area contributed by atoms with Crippen LogP contribution < -0.4 is 5.32 Å². The zero-order valence-corrected chi connectivity index (χ0v) is 13.3. The lowest BCUT2D eigenvalue weighted by molar-refractivity contribution is -0.136. The molecule has 4 nitrogen and oxygen atoms in total. The van der Waals surface area contributed by atoms with Crippen LogP contribution in [0.4, 0.5) is 5.69 Å². The topological polar surface area (TPSA) is 66.4 Å². The lowest BCUT2D eigenvalue weighted by atomic mass is 9.87. The molecule has 23 heavy (non-hydrogen) atoms. The maximum atomic E-state index is 12.6. The van der Waals surface area contributed by atoms with Crippen molar-refractivity contribution < 1.29 is 14.7 Å². The van der Waals surface area contributed by atoms with Crippen LogP contribution in [-0.2, 0) is 16.0 Å². The van der Waals surface area contributed by atoms with Crippen LogP contribution in [0.5, 0.6) is 0 Å². The average molecular weight is 311 g/mol. The van der Waals surface area contributed by atoms with Crippen molar-refractivity contribution in [3.63, 3.8) is 0 Å². The van der Waals surface area contributed by atoms with Crippen LogP contribution in [0, 0.1) is 5.92 Å². The summed E-state index contributed by atoms with van der Waals surface area (Å²) in [5.41, 5.74) is 2.37. The molecular formula is C19H21NO3. The fourth-order valence-electron chi connectivity index (χ4n) is 2.60. The Bertz CT molecular complexity index is 663. The van der Waals surface area contributed by atoms with Gasteiger partial charge in [-0.15, -0.1) is 0 Å². The molecule has 1 unspecified atom stereocenters. The van der Waals surface area contributed by atoms with Crippen LogP contribution >= 0.6 is 0 Å². The first-order valence-electron chi connectivity index (χ1n) is 7.64. The Hall–Kier alpha value is -2.62. The molecule has 4 heteroatoms. The van der Waals surface area contributed by atoms with Gasteiger partial charge in [0.15, 0.2) is 0 Å². The van der Waals surface area contributed by atoms with E-state index in [1.807, 2.05) is 44.2 Å². The van der Waals surface area contributed by atoms with E-state index < -0.39 is 5.97 Å². The van der Waals surface area contributed by atoms with Crippen molar-refractivity contribution in [1.82, 2.24) is 0 Å². The molecule has 0 aliphatic heterocycles. The molecule has 2 aromatic carbocycles. The van der Waals surface area contributed by atoms with Gasteiger partial charge in [0.2, 0.25) is 5.91 Å². The molecule has 2 aromatic rings. The van der Waals surface area contributed by atoms with E-state index in [0.29, 0.717) is 11.3 Å². The number of anilines is 1. The molecule has 0 aliphatic rings. The van der Waals surface area contributed by atoms with Crippen molar-refractivity contribution in [2.75, 3.05) is 5.32 Å². The van der Waals surface area contributed by atoms with Gasteiger partial charge in [0.25, 0.3) is 0 Å². The van der Waals surface area contributed by atoms with Gasteiger partial charge in [0.1, 0.15) is 0 Å². The first-order chi connectivity index (χ1) is 11.0. The molecule has 0 aromatic heterocycles. The SMILES string of the molecule is CC(C)C(C(=O)Nc1ccc(CC(=O)O)cc1)c1ccccc1. The van der Waals surface area contributed by atoms with E-state index in [-0.39, 0.29) is 24.2 Å². The Morgan fingerprint density at radius 3 is 2.13 bits per heavy atom. The maximum absolute atomic E-state index is 12.6. The number of carbonyl (C=O) groups is 2. The van der Waals surface area contributed by atoms with Crippen LogP contribution in [0.1, 0.15) is 30.9 Å². The first-order valence-corrected chi connectivity index (χ1v) is 7.64. The zero-order valence-electron chi connectivity index (χ0n) is 13.3. The average Bonchev–Trinajstić information content (AvgIpc) is 2.49. The smallest absolute Gasteiger partial charge is 0.307 e. The van der Waals surface area contributed by atoms with Gasteiger partial charge in [-0.25, -0.2) is 0 Å². The van der Waals surface area contributed by atoms with E-state index in [9.17, 15) is 9.59 Å². The van der Waals surface area contributed by atoms with Crippen LogP contribution in [0.25, 0.3) is 0 Å². The Kier molecular flexibility index (Phi) is 5.52. The van der Waals surface area contributed by atoms with Gasteiger partial charge in [-0.3, -0.25) is 9.59 Å². The van der Waals surface area contributed by atoms with E-state index in [4.69, 9.17) is 5.11 Å². The molecule has 0 aliphatic carbocycles. The normalized spacial score (nSPS) is 12.0. The van der Waals surface area contributed by atoms with Gasteiger partial charge in [0.05, 0.1) is 12.3 Å². The molecular weight excluding hydrogens is 290 g/mol. The summed E-state index contributed by atoms with van der Waals surface area (Å²) in [6, 6.07) is 16.6. The minimum atomic E-state index is -0.870. The van der Waals surface area contributed by atoms with Crippen LogP contribution in [0.2, 0.25) is 0 Å². The molecule has 0 saturated heterocycles. The van der Waals surface area contributed by atoms with Crippen LogP contribution in [0.15, 0.2) is 54.6 Å². The molecule has 0 heterocycles. The summed E-state index contributed by atoms with van der Waals surface area (Å²) in [5.74, 6) is -0.985. The van der Waals surface area contributed by atoms with Gasteiger partial charge in [0, 0.05) is 5.69 Å². The quantitative estimate of drug-likeness (QED) is 0.855. The lowest BCUT2D eigenvalue weighted by Crippen LogP contribution is -2.25. The van der Waals surface area contributed by atoms with Crippen LogP contribution in [0.3, 0.4) is 0 Å². The van der Waals surface area contributed by atoms with E-state index >= 15 is 0 Å². The summed E-state index contributed by atoms with van der Waals surface area (Å²) in [6.45, 7) is 4.04. The third-order valence-corrected chi connectivity index (χ3v) is 3.68. The summed E-state index contributed by atoms with van der Waals surface area (Å²) < 4.78 is 0. The number of carboxylic acids is 1. The number of carbonyl (C=O) groups excluding carboxylic acids is 1. The molecule has 0 saturated carbocycles. The van der Waals surface area contributed by atoms with Crippen molar-refractivity contribution in [3.8, 4) is 0 Å². The molecule has 0 bridgehead atoms. The number of amides is 1. The monoisotopic (exact) mass is 311 g/mol. The highest BCUT2D eigenvalue weighted by Gasteiger charge is 2.24. The summed E-state index contributed by atoms with van der Waals surface area (Å²) in [7, 11) is 0. The van der Waals surface area contributed by atoms with Crippen LogP contribution in [-0.4, -0.2) is 17.0 Å². The van der Waals surface area contributed by atoms with E-state index in [0.717, 1.165) is 5.56 Å². The number of nitrogens with one attached hydrogen (secondary N) is 1. The van der Waals surface area contributed by atoms with Crippen molar-refractivity contribution in [2.45, 2.75) is 26.2 Å². The van der Waals surface area contributed by atoms with Gasteiger partial charge in [-0.1, -0.05) is 56.3 Å². The van der Waals surface area contributed by atoms with Crippen molar-refractivity contribution in [3.05, 3.63) is 65.7 Å². The number of benzene rings is 2. The van der Waals surface area contributed by atoms with Crippen molar-refractivity contribution in [2.24, 2.45) is 5.92 Å². The summed E-state index contributed by atoms with van der Waals surface area (Å²) >= 11 is 0. The molecule has 0 radical (unpaired) electrons. The largest absolute Gasteiger partial charge is 0.481 e. The molecule has 1 amide bonds. The highest BCUT2D eigenvalue weighted by atomic mass is 16.4. The number of hydrogen-bond acceptors (Lipinski definition) is 2. The Balaban J connectivity index is 2.11. The Labute approximate surface area is 136 Å². The summed E-state index contributed by atoms with van der Waals surface area (Å²) in [4.78, 5) is 23.3. The standard InChI is InChI=1S/C19H21NO3/c1-13(2)18(15-6-4-3-5-7-15)19(23)20-16-10-8-14(9-11-16)12-17(21)22/h3-11,13,18H,12H2,1-2H3,(H,20,23)(H,21,22). The molecule has 0 fully saturated rings. The van der Waals surface area contributed by atoms with E-state index in [1.165, 1.54) is 0 Å². The minimum Gasteiger partial charge on any atom is -0.481 e. The third-order valence-electron chi connectivity index (χ3n) is 3.68. The molecule has 2 N–H and O–H groups in total. The molecule has 0 spiro atoms. The fraction of sp³-hybridized carbons (Fsp3) is 0.263. The number of hydrogen-bond donors (Lipinski definition) is 2. The Morgan fingerprint density at radius 2 is 1.61 bits per heavy atom. The van der Waals surface area contributed by atoms with Gasteiger partial charge < -0.3 is 10.4 Å². The molecule has 2 rings (SSSR count). The first kappa shape index (κ1) is 16.7. The molecule has 1 atom stereocenters. The number of aliphatic carboxylic acids is 1. The number of carboxylic acid groups (broad SMARTS) is 1. The van der Waals surface area contributed by atoms with Gasteiger partial charge in [-0.2, -0.15) is 0 Å². The minimum absolute atomic E-state index is 0.0210. The maximum Gasteiger partial charge on any atom is 0.307 e. The predicted octanol–water partition coefficient (Wildman–Crippen LogP) is 3.69. The van der Waals surface area contributed by atoms with Crippen molar-refractivity contribution >= 4 is 17.6 Å².